The van der Waals surface area contributed by atoms with Crippen molar-refractivity contribution in [2.24, 2.45) is 4.36 Å². The number of hydrogen-bond acceptors (Lipinski definition) is 4. The van der Waals surface area contributed by atoms with Crippen molar-refractivity contribution in [1.82, 2.24) is 4.57 Å². The largest absolute Gasteiger partial charge is 0.478 e. The van der Waals surface area contributed by atoms with Gasteiger partial charge in [-0.05, 0) is 19.4 Å². The molecule has 0 aliphatic heterocycles. The summed E-state index contributed by atoms with van der Waals surface area (Å²) in [5, 5.41) is 10.4. The number of nitrogens with zero attached hydrogens (tertiary/aromatic N) is 2. The first-order chi connectivity index (χ1) is 9.93. The van der Waals surface area contributed by atoms with E-state index in [0.717, 1.165) is 0 Å². The SMILES string of the molecule is Cc1c(C(=O)O)c2cccc(Cl)c2n1CCCN=S(=O)=O. The molecule has 8 heteroatoms. The second-order valence-electron chi connectivity index (χ2n) is 4.48. The molecule has 0 fully saturated rings. The van der Waals surface area contributed by atoms with Crippen molar-refractivity contribution in [2.45, 2.75) is 19.9 Å². The van der Waals surface area contributed by atoms with Crippen LogP contribution in [0.25, 0.3) is 10.9 Å². The molecular weight excluding hydrogens is 316 g/mol. The van der Waals surface area contributed by atoms with Crippen LogP contribution in [0.2, 0.25) is 5.02 Å². The number of benzene rings is 1. The Kier molecular flexibility index (Phi) is 4.64. The third kappa shape index (κ3) is 3.08. The van der Waals surface area contributed by atoms with Gasteiger partial charge in [-0.3, -0.25) is 0 Å². The summed E-state index contributed by atoms with van der Waals surface area (Å²) in [6.45, 7) is 2.31. The normalized spacial score (nSPS) is 10.8. The summed E-state index contributed by atoms with van der Waals surface area (Å²) in [5.41, 5.74) is 1.46. The average molecular weight is 329 g/mol. The standard InChI is InChI=1S/C13H13ClN2O4S/c1-8-11(13(17)18)9-4-2-5-10(14)12(9)16(8)7-3-6-15-21(19)20/h2,4-5H,3,6-7H2,1H3,(H,17,18). The number of hydrogen-bond donors (Lipinski definition) is 1. The maximum absolute atomic E-state index is 11.4. The number of halogens is 1. The van der Waals surface area contributed by atoms with E-state index in [4.69, 9.17) is 11.6 Å². The number of rotatable bonds is 5. The molecule has 0 radical (unpaired) electrons. The van der Waals surface area contributed by atoms with Crippen LogP contribution in [0.15, 0.2) is 22.6 Å². The van der Waals surface area contributed by atoms with Crippen molar-refractivity contribution >= 4 is 39.0 Å². The van der Waals surface area contributed by atoms with E-state index in [9.17, 15) is 18.3 Å². The molecule has 1 aromatic heterocycles. The molecule has 0 bridgehead atoms. The van der Waals surface area contributed by atoms with Crippen molar-refractivity contribution < 1.29 is 18.3 Å². The third-order valence-corrected chi connectivity index (χ3v) is 3.94. The van der Waals surface area contributed by atoms with Gasteiger partial charge in [0.2, 0.25) is 0 Å². The van der Waals surface area contributed by atoms with Gasteiger partial charge >= 0.3 is 16.5 Å². The zero-order chi connectivity index (χ0) is 15.6. The quantitative estimate of drug-likeness (QED) is 0.855. The zero-order valence-corrected chi connectivity index (χ0v) is 12.8. The topological polar surface area (TPSA) is 88.7 Å². The lowest BCUT2D eigenvalue weighted by molar-refractivity contribution is 0.0698. The molecule has 0 saturated carbocycles. The summed E-state index contributed by atoms with van der Waals surface area (Å²) in [7, 11) is -2.42. The number of carboxylic acids is 1. The van der Waals surface area contributed by atoms with E-state index in [-0.39, 0.29) is 12.1 Å². The van der Waals surface area contributed by atoms with Crippen LogP contribution in [0.5, 0.6) is 0 Å². The van der Waals surface area contributed by atoms with E-state index in [1.54, 1.807) is 29.7 Å². The van der Waals surface area contributed by atoms with Gasteiger partial charge in [0.15, 0.2) is 0 Å². The second kappa shape index (κ2) is 6.28. The summed E-state index contributed by atoms with van der Waals surface area (Å²) in [5.74, 6) is -1.01. The van der Waals surface area contributed by atoms with Gasteiger partial charge in [-0.2, -0.15) is 12.8 Å². The highest BCUT2D eigenvalue weighted by Gasteiger charge is 2.20. The minimum atomic E-state index is -2.42. The number of carbonyl (C=O) groups is 1. The number of para-hydroxylation sites is 1. The molecule has 112 valence electrons. The maximum Gasteiger partial charge on any atom is 0.338 e. The minimum absolute atomic E-state index is 0.155. The number of aromatic carboxylic acids is 1. The van der Waals surface area contributed by atoms with Gasteiger partial charge < -0.3 is 9.67 Å². The molecule has 0 spiro atoms. The lowest BCUT2D eigenvalue weighted by Gasteiger charge is -2.07. The van der Waals surface area contributed by atoms with E-state index in [0.29, 0.717) is 34.6 Å². The molecule has 0 atom stereocenters. The van der Waals surface area contributed by atoms with Crippen LogP contribution in [0.1, 0.15) is 22.5 Å². The molecular formula is C13H13ClN2O4S. The molecule has 1 aromatic carbocycles. The molecule has 0 aliphatic carbocycles. The molecule has 21 heavy (non-hydrogen) atoms. The fourth-order valence-corrected chi connectivity index (χ4v) is 2.96. The predicted octanol–water partition coefficient (Wildman–Crippen LogP) is 2.75. The Bertz CT molecular complexity index is 831. The summed E-state index contributed by atoms with van der Waals surface area (Å²) in [6, 6.07) is 5.12. The Hall–Kier alpha value is -1.86. The molecule has 1 heterocycles. The highest BCUT2D eigenvalue weighted by Crippen LogP contribution is 2.31. The van der Waals surface area contributed by atoms with Crippen LogP contribution >= 0.6 is 11.6 Å². The van der Waals surface area contributed by atoms with Gasteiger partial charge in [-0.15, -0.1) is 0 Å². The van der Waals surface area contributed by atoms with Gasteiger partial charge in [0, 0.05) is 17.6 Å². The van der Waals surface area contributed by atoms with Crippen molar-refractivity contribution in [3.8, 4) is 0 Å². The molecule has 0 amide bonds. The van der Waals surface area contributed by atoms with E-state index in [1.807, 2.05) is 0 Å². The van der Waals surface area contributed by atoms with E-state index >= 15 is 0 Å². The van der Waals surface area contributed by atoms with Crippen LogP contribution in [-0.4, -0.2) is 30.6 Å². The Balaban J connectivity index is 2.49. The summed E-state index contributed by atoms with van der Waals surface area (Å²) in [4.78, 5) is 11.4. The first-order valence-corrected chi connectivity index (χ1v) is 7.62. The van der Waals surface area contributed by atoms with Gasteiger partial charge in [0.1, 0.15) is 0 Å². The molecule has 2 rings (SSSR count). The van der Waals surface area contributed by atoms with E-state index < -0.39 is 16.5 Å². The second-order valence-corrected chi connectivity index (χ2v) is 5.58. The van der Waals surface area contributed by atoms with Gasteiger partial charge in [0.05, 0.1) is 22.6 Å². The van der Waals surface area contributed by atoms with Gasteiger partial charge in [0.25, 0.3) is 0 Å². The lowest BCUT2D eigenvalue weighted by atomic mass is 10.1. The first kappa shape index (κ1) is 15.5. The van der Waals surface area contributed by atoms with Gasteiger partial charge in [-0.25, -0.2) is 4.79 Å². The fraction of sp³-hybridized carbons (Fsp3) is 0.308. The van der Waals surface area contributed by atoms with Crippen molar-refractivity contribution in [3.05, 3.63) is 34.5 Å². The smallest absolute Gasteiger partial charge is 0.338 e. The van der Waals surface area contributed by atoms with Crippen molar-refractivity contribution in [1.29, 1.82) is 0 Å². The molecule has 2 aromatic rings. The highest BCUT2D eigenvalue weighted by atomic mass is 35.5. The van der Waals surface area contributed by atoms with Crippen molar-refractivity contribution in [3.63, 3.8) is 0 Å². The van der Waals surface area contributed by atoms with E-state index in [2.05, 4.69) is 4.36 Å². The molecule has 6 nitrogen and oxygen atoms in total. The maximum atomic E-state index is 11.4. The van der Waals surface area contributed by atoms with Crippen LogP contribution in [0.3, 0.4) is 0 Å². The number of carboxylic acid groups (broad SMARTS) is 1. The number of aryl methyl sites for hydroxylation is 1. The summed E-state index contributed by atoms with van der Waals surface area (Å²) >= 11 is 6.18. The van der Waals surface area contributed by atoms with Crippen LogP contribution in [-0.2, 0) is 17.0 Å². The van der Waals surface area contributed by atoms with E-state index in [1.165, 1.54) is 0 Å². The average Bonchev–Trinajstić information content (AvgIpc) is 2.68. The first-order valence-electron chi connectivity index (χ1n) is 6.21. The number of fused-ring (bicyclic) bond motifs is 1. The Morgan fingerprint density at radius 3 is 2.76 bits per heavy atom. The summed E-state index contributed by atoms with van der Waals surface area (Å²) < 4.78 is 25.9. The minimum Gasteiger partial charge on any atom is -0.478 e. The Morgan fingerprint density at radius 2 is 2.14 bits per heavy atom. The molecule has 0 aliphatic rings. The molecule has 0 saturated heterocycles. The van der Waals surface area contributed by atoms with Crippen LogP contribution < -0.4 is 0 Å². The highest BCUT2D eigenvalue weighted by molar-refractivity contribution is 7.61. The van der Waals surface area contributed by atoms with Crippen LogP contribution in [0, 0.1) is 6.92 Å². The molecule has 1 N–H and O–H groups in total. The summed E-state index contributed by atoms with van der Waals surface area (Å²) in [6.07, 6.45) is 0.475. The van der Waals surface area contributed by atoms with Gasteiger partial charge in [-0.1, -0.05) is 23.7 Å². The Labute approximate surface area is 127 Å². The lowest BCUT2D eigenvalue weighted by Crippen LogP contribution is -2.04. The molecule has 0 unspecified atom stereocenters. The fourth-order valence-electron chi connectivity index (χ4n) is 2.41. The number of aromatic nitrogens is 1. The third-order valence-electron chi connectivity index (χ3n) is 3.24. The monoisotopic (exact) mass is 328 g/mol. The van der Waals surface area contributed by atoms with Crippen LogP contribution in [0.4, 0.5) is 0 Å². The predicted molar refractivity (Wildman–Crippen MR) is 79.5 cm³/mol. The zero-order valence-electron chi connectivity index (χ0n) is 11.2. The Morgan fingerprint density at radius 1 is 1.43 bits per heavy atom. The van der Waals surface area contributed by atoms with Crippen molar-refractivity contribution in [2.75, 3.05) is 6.54 Å².